The SMILES string of the molecule is Cc1ccc(C2c3cccn3CCN2C(=O)c2cccs2)cc1. The van der Waals surface area contributed by atoms with Crippen LogP contribution in [-0.2, 0) is 6.54 Å². The van der Waals surface area contributed by atoms with Gasteiger partial charge in [0.05, 0.1) is 10.9 Å². The van der Waals surface area contributed by atoms with Crippen molar-refractivity contribution in [3.63, 3.8) is 0 Å². The third-order valence-corrected chi connectivity index (χ3v) is 5.28. The van der Waals surface area contributed by atoms with Crippen LogP contribution in [0.25, 0.3) is 0 Å². The summed E-state index contributed by atoms with van der Waals surface area (Å²) in [5, 5.41) is 1.96. The van der Waals surface area contributed by atoms with E-state index in [4.69, 9.17) is 0 Å². The van der Waals surface area contributed by atoms with Crippen molar-refractivity contribution in [3.8, 4) is 0 Å². The van der Waals surface area contributed by atoms with Gasteiger partial charge in [-0.2, -0.15) is 0 Å². The number of carbonyl (C=O) groups is 1. The molecule has 1 atom stereocenters. The first kappa shape index (κ1) is 14.3. The van der Waals surface area contributed by atoms with Gasteiger partial charge in [0, 0.05) is 25.0 Å². The van der Waals surface area contributed by atoms with Crippen molar-refractivity contribution in [2.45, 2.75) is 19.5 Å². The summed E-state index contributed by atoms with van der Waals surface area (Å²) in [5.74, 6) is 0.123. The molecule has 23 heavy (non-hydrogen) atoms. The Hall–Kier alpha value is -2.33. The second kappa shape index (κ2) is 5.70. The predicted octanol–water partition coefficient (Wildman–Crippen LogP) is 4.10. The van der Waals surface area contributed by atoms with Gasteiger partial charge >= 0.3 is 0 Å². The molecule has 3 aromatic rings. The van der Waals surface area contributed by atoms with E-state index in [1.807, 2.05) is 22.4 Å². The number of carbonyl (C=O) groups excluding carboxylic acids is 1. The third kappa shape index (κ3) is 2.49. The molecule has 1 aliphatic heterocycles. The minimum atomic E-state index is -0.0195. The third-order valence-electron chi connectivity index (χ3n) is 4.42. The molecule has 0 aliphatic carbocycles. The molecule has 1 unspecified atom stereocenters. The molecule has 116 valence electrons. The fourth-order valence-electron chi connectivity index (χ4n) is 3.24. The summed E-state index contributed by atoms with van der Waals surface area (Å²) in [6.07, 6.45) is 2.10. The zero-order valence-corrected chi connectivity index (χ0v) is 13.8. The smallest absolute Gasteiger partial charge is 0.264 e. The molecule has 3 heterocycles. The number of amides is 1. The highest BCUT2D eigenvalue weighted by molar-refractivity contribution is 7.12. The molecule has 1 aromatic carbocycles. The summed E-state index contributed by atoms with van der Waals surface area (Å²) < 4.78 is 2.25. The Morgan fingerprint density at radius 1 is 1.09 bits per heavy atom. The van der Waals surface area contributed by atoms with Crippen LogP contribution in [-0.4, -0.2) is 21.9 Å². The molecule has 0 radical (unpaired) electrons. The van der Waals surface area contributed by atoms with Gasteiger partial charge in [0.15, 0.2) is 0 Å². The molecule has 0 saturated carbocycles. The van der Waals surface area contributed by atoms with Crippen LogP contribution in [0.15, 0.2) is 60.1 Å². The van der Waals surface area contributed by atoms with Crippen LogP contribution < -0.4 is 0 Å². The molecule has 4 rings (SSSR count). The predicted molar refractivity (Wildman–Crippen MR) is 92.8 cm³/mol. The van der Waals surface area contributed by atoms with Gasteiger partial charge in [-0.05, 0) is 36.1 Å². The number of hydrogen-bond acceptors (Lipinski definition) is 2. The molecule has 0 saturated heterocycles. The molecule has 0 N–H and O–H groups in total. The van der Waals surface area contributed by atoms with Crippen LogP contribution in [0.4, 0.5) is 0 Å². The van der Waals surface area contributed by atoms with E-state index in [1.54, 1.807) is 0 Å². The fourth-order valence-corrected chi connectivity index (χ4v) is 3.92. The van der Waals surface area contributed by atoms with Gasteiger partial charge in [-0.25, -0.2) is 0 Å². The second-order valence-corrected chi connectivity index (χ2v) is 6.86. The van der Waals surface area contributed by atoms with Gasteiger partial charge < -0.3 is 9.47 Å². The van der Waals surface area contributed by atoms with Crippen LogP contribution in [0, 0.1) is 6.92 Å². The average Bonchev–Trinajstić information content (AvgIpc) is 3.25. The van der Waals surface area contributed by atoms with Crippen molar-refractivity contribution >= 4 is 17.2 Å². The monoisotopic (exact) mass is 322 g/mol. The fraction of sp³-hybridized carbons (Fsp3) is 0.211. The first-order chi connectivity index (χ1) is 11.2. The van der Waals surface area contributed by atoms with Gasteiger partial charge in [-0.3, -0.25) is 4.79 Å². The number of thiophene rings is 1. The second-order valence-electron chi connectivity index (χ2n) is 5.92. The van der Waals surface area contributed by atoms with Gasteiger partial charge in [0.2, 0.25) is 0 Å². The zero-order chi connectivity index (χ0) is 15.8. The first-order valence-corrected chi connectivity index (χ1v) is 8.68. The largest absolute Gasteiger partial charge is 0.348 e. The van der Waals surface area contributed by atoms with Crippen molar-refractivity contribution in [2.75, 3.05) is 6.54 Å². The standard InChI is InChI=1S/C19H18N2OS/c1-14-6-8-15(9-7-14)18-16-4-2-10-20(16)11-12-21(18)19(22)17-5-3-13-23-17/h2-10,13,18H,11-12H2,1H3. The summed E-state index contributed by atoms with van der Waals surface area (Å²) in [4.78, 5) is 15.8. The topological polar surface area (TPSA) is 25.2 Å². The van der Waals surface area contributed by atoms with Gasteiger partial charge in [-0.1, -0.05) is 35.9 Å². The van der Waals surface area contributed by atoms with E-state index < -0.39 is 0 Å². The van der Waals surface area contributed by atoms with Crippen molar-refractivity contribution in [1.82, 2.24) is 9.47 Å². The number of aryl methyl sites for hydroxylation is 1. The minimum Gasteiger partial charge on any atom is -0.348 e. The lowest BCUT2D eigenvalue weighted by molar-refractivity contribution is 0.0669. The number of fused-ring (bicyclic) bond motifs is 1. The molecular weight excluding hydrogens is 304 g/mol. The number of benzene rings is 1. The normalized spacial score (nSPS) is 17.1. The summed E-state index contributed by atoms with van der Waals surface area (Å²) in [7, 11) is 0. The molecular formula is C19H18N2OS. The van der Waals surface area contributed by atoms with E-state index in [2.05, 4.69) is 54.1 Å². The van der Waals surface area contributed by atoms with Crippen LogP contribution in [0.3, 0.4) is 0 Å². The number of hydrogen-bond donors (Lipinski definition) is 0. The molecule has 4 heteroatoms. The highest BCUT2D eigenvalue weighted by Gasteiger charge is 2.32. The Bertz CT molecular complexity index is 817. The van der Waals surface area contributed by atoms with Crippen LogP contribution in [0.1, 0.15) is 32.5 Å². The van der Waals surface area contributed by atoms with Crippen molar-refractivity contribution < 1.29 is 4.79 Å². The summed E-state index contributed by atoms with van der Waals surface area (Å²) in [6.45, 7) is 3.67. The van der Waals surface area contributed by atoms with Crippen LogP contribution in [0.5, 0.6) is 0 Å². The summed E-state index contributed by atoms with van der Waals surface area (Å²) in [6, 6.07) is 16.5. The Kier molecular flexibility index (Phi) is 3.54. The number of rotatable bonds is 2. The lowest BCUT2D eigenvalue weighted by Crippen LogP contribution is -2.42. The van der Waals surface area contributed by atoms with Gasteiger partial charge in [0.1, 0.15) is 0 Å². The van der Waals surface area contributed by atoms with Crippen molar-refractivity contribution in [1.29, 1.82) is 0 Å². The molecule has 0 spiro atoms. The van der Waals surface area contributed by atoms with Gasteiger partial charge in [-0.15, -0.1) is 11.3 Å². The van der Waals surface area contributed by atoms with Gasteiger partial charge in [0.25, 0.3) is 5.91 Å². The van der Waals surface area contributed by atoms with E-state index in [1.165, 1.54) is 28.2 Å². The molecule has 0 fully saturated rings. The minimum absolute atomic E-state index is 0.0195. The average molecular weight is 322 g/mol. The highest BCUT2D eigenvalue weighted by atomic mass is 32.1. The maximum atomic E-state index is 13.0. The molecule has 1 amide bonds. The lowest BCUT2D eigenvalue weighted by atomic mass is 9.98. The van der Waals surface area contributed by atoms with E-state index in [9.17, 15) is 4.79 Å². The first-order valence-electron chi connectivity index (χ1n) is 7.80. The summed E-state index contributed by atoms with van der Waals surface area (Å²) in [5.41, 5.74) is 3.58. The van der Waals surface area contributed by atoms with E-state index in [-0.39, 0.29) is 11.9 Å². The van der Waals surface area contributed by atoms with Crippen LogP contribution >= 0.6 is 11.3 Å². The number of aromatic nitrogens is 1. The Morgan fingerprint density at radius 2 is 1.91 bits per heavy atom. The Balaban J connectivity index is 1.79. The van der Waals surface area contributed by atoms with E-state index in [0.29, 0.717) is 0 Å². The van der Waals surface area contributed by atoms with E-state index in [0.717, 1.165) is 18.0 Å². The molecule has 3 nitrogen and oxygen atoms in total. The Morgan fingerprint density at radius 3 is 2.65 bits per heavy atom. The maximum Gasteiger partial charge on any atom is 0.264 e. The molecule has 0 bridgehead atoms. The summed E-state index contributed by atoms with van der Waals surface area (Å²) >= 11 is 1.51. The highest BCUT2D eigenvalue weighted by Crippen LogP contribution is 2.34. The van der Waals surface area contributed by atoms with Crippen molar-refractivity contribution in [3.05, 3.63) is 81.8 Å². The quantitative estimate of drug-likeness (QED) is 0.697. The molecule has 1 aliphatic rings. The van der Waals surface area contributed by atoms with Crippen LogP contribution in [0.2, 0.25) is 0 Å². The maximum absolute atomic E-state index is 13.0. The van der Waals surface area contributed by atoms with E-state index >= 15 is 0 Å². The zero-order valence-electron chi connectivity index (χ0n) is 13.0. The van der Waals surface area contributed by atoms with Crippen molar-refractivity contribution in [2.24, 2.45) is 0 Å². The number of nitrogens with zero attached hydrogens (tertiary/aromatic N) is 2. The lowest BCUT2D eigenvalue weighted by Gasteiger charge is -2.37. The molecule has 2 aromatic heterocycles. The Labute approximate surface area is 139 Å².